The van der Waals surface area contributed by atoms with Crippen LogP contribution in [0.2, 0.25) is 0 Å². The van der Waals surface area contributed by atoms with Crippen LogP contribution >= 0.6 is 11.3 Å². The molecule has 1 aromatic heterocycles. The maximum atomic E-state index is 11.7. The number of methoxy groups -OCH3 is 3. The lowest BCUT2D eigenvalue weighted by molar-refractivity contribution is -0.138. The fraction of sp³-hybridized carbons (Fsp3) is 0.312. The summed E-state index contributed by atoms with van der Waals surface area (Å²) in [4.78, 5) is 12.7. The second-order valence-corrected chi connectivity index (χ2v) is 5.63. The van der Waals surface area contributed by atoms with Gasteiger partial charge < -0.3 is 19.3 Å². The van der Waals surface area contributed by atoms with Gasteiger partial charge in [0, 0.05) is 10.4 Å². The number of thiophene rings is 1. The van der Waals surface area contributed by atoms with Crippen molar-refractivity contribution in [3.8, 4) is 17.2 Å². The Labute approximate surface area is 133 Å². The van der Waals surface area contributed by atoms with Crippen LogP contribution in [-0.4, -0.2) is 32.4 Å². The molecule has 22 heavy (non-hydrogen) atoms. The number of carboxylic acid groups (broad SMARTS) is 1. The van der Waals surface area contributed by atoms with Gasteiger partial charge >= 0.3 is 5.97 Å². The summed E-state index contributed by atoms with van der Waals surface area (Å²) >= 11 is 1.53. The van der Waals surface area contributed by atoms with Crippen LogP contribution in [0.25, 0.3) is 0 Å². The molecule has 0 saturated heterocycles. The van der Waals surface area contributed by atoms with E-state index in [1.54, 1.807) is 12.1 Å². The monoisotopic (exact) mass is 322 g/mol. The number of hydrogen-bond donors (Lipinski definition) is 1. The Morgan fingerprint density at radius 2 is 1.86 bits per heavy atom. The Morgan fingerprint density at radius 3 is 2.36 bits per heavy atom. The van der Waals surface area contributed by atoms with Crippen LogP contribution in [0.4, 0.5) is 0 Å². The summed E-state index contributed by atoms with van der Waals surface area (Å²) in [5, 5.41) is 11.5. The van der Waals surface area contributed by atoms with Gasteiger partial charge in [0.1, 0.15) is 0 Å². The van der Waals surface area contributed by atoms with E-state index in [4.69, 9.17) is 14.2 Å². The first-order chi connectivity index (χ1) is 10.6. The van der Waals surface area contributed by atoms with Crippen molar-refractivity contribution in [2.45, 2.75) is 12.3 Å². The van der Waals surface area contributed by atoms with Crippen LogP contribution in [0.15, 0.2) is 29.6 Å². The lowest BCUT2D eigenvalue weighted by Gasteiger charge is -2.19. The van der Waals surface area contributed by atoms with Gasteiger partial charge in [-0.25, -0.2) is 0 Å². The molecule has 0 aliphatic carbocycles. The van der Waals surface area contributed by atoms with Gasteiger partial charge in [-0.15, -0.1) is 11.3 Å². The minimum atomic E-state index is -0.904. The molecule has 0 aliphatic rings. The van der Waals surface area contributed by atoms with Gasteiger partial charge in [-0.2, -0.15) is 0 Å². The third-order valence-electron chi connectivity index (χ3n) is 3.39. The van der Waals surface area contributed by atoms with Crippen molar-refractivity contribution in [2.24, 2.45) is 0 Å². The molecule has 0 spiro atoms. The first-order valence-electron chi connectivity index (χ1n) is 6.66. The van der Waals surface area contributed by atoms with E-state index in [1.165, 1.54) is 32.7 Å². The Bertz CT molecular complexity index is 636. The first-order valence-corrected chi connectivity index (χ1v) is 7.54. The fourth-order valence-electron chi connectivity index (χ4n) is 2.36. The van der Waals surface area contributed by atoms with Crippen LogP contribution in [0.1, 0.15) is 16.4 Å². The third-order valence-corrected chi connectivity index (χ3v) is 4.29. The molecule has 0 saturated carbocycles. The van der Waals surface area contributed by atoms with Crippen molar-refractivity contribution in [1.82, 2.24) is 0 Å². The zero-order valence-electron chi connectivity index (χ0n) is 12.7. The molecule has 1 heterocycles. The predicted molar refractivity (Wildman–Crippen MR) is 84.5 cm³/mol. The summed E-state index contributed by atoms with van der Waals surface area (Å²) in [6, 6.07) is 7.24. The van der Waals surface area contributed by atoms with Crippen molar-refractivity contribution in [1.29, 1.82) is 0 Å². The Morgan fingerprint density at radius 1 is 1.14 bits per heavy atom. The van der Waals surface area contributed by atoms with Crippen LogP contribution in [-0.2, 0) is 11.2 Å². The summed E-state index contributed by atoms with van der Waals surface area (Å²) in [6.45, 7) is 0. The second-order valence-electron chi connectivity index (χ2n) is 4.60. The summed E-state index contributed by atoms with van der Waals surface area (Å²) in [5.74, 6) is -0.318. The zero-order chi connectivity index (χ0) is 16.1. The van der Waals surface area contributed by atoms with Crippen LogP contribution in [0.3, 0.4) is 0 Å². The molecular formula is C16H18O5S. The lowest BCUT2D eigenvalue weighted by atomic mass is 9.93. The van der Waals surface area contributed by atoms with Gasteiger partial charge in [0.25, 0.3) is 0 Å². The van der Waals surface area contributed by atoms with Gasteiger partial charge in [0.15, 0.2) is 11.5 Å². The normalized spacial score (nSPS) is 11.8. The summed E-state index contributed by atoms with van der Waals surface area (Å²) < 4.78 is 15.9. The van der Waals surface area contributed by atoms with E-state index in [9.17, 15) is 9.90 Å². The molecule has 0 fully saturated rings. The number of benzene rings is 1. The van der Waals surface area contributed by atoms with E-state index in [0.29, 0.717) is 29.2 Å². The number of carboxylic acids is 1. The molecule has 1 atom stereocenters. The van der Waals surface area contributed by atoms with E-state index in [1.807, 2.05) is 17.5 Å². The molecular weight excluding hydrogens is 304 g/mol. The molecule has 2 rings (SSSR count). The van der Waals surface area contributed by atoms with Gasteiger partial charge in [-0.05, 0) is 23.9 Å². The van der Waals surface area contributed by atoms with Crippen molar-refractivity contribution in [2.75, 3.05) is 21.3 Å². The van der Waals surface area contributed by atoms with Crippen molar-refractivity contribution < 1.29 is 24.1 Å². The van der Waals surface area contributed by atoms with Gasteiger partial charge in [0.2, 0.25) is 5.75 Å². The quantitative estimate of drug-likeness (QED) is 0.848. The number of rotatable bonds is 7. The van der Waals surface area contributed by atoms with E-state index < -0.39 is 11.9 Å². The highest BCUT2D eigenvalue weighted by Crippen LogP contribution is 2.43. The average molecular weight is 322 g/mol. The molecule has 1 unspecified atom stereocenters. The second kappa shape index (κ2) is 7.17. The number of hydrogen-bond acceptors (Lipinski definition) is 5. The number of aliphatic carboxylic acids is 1. The average Bonchev–Trinajstić information content (AvgIpc) is 3.03. The van der Waals surface area contributed by atoms with Crippen LogP contribution in [0, 0.1) is 0 Å². The number of ether oxygens (including phenoxy) is 3. The highest BCUT2D eigenvalue weighted by molar-refractivity contribution is 7.09. The Kier molecular flexibility index (Phi) is 5.27. The van der Waals surface area contributed by atoms with Gasteiger partial charge in [-0.3, -0.25) is 4.79 Å². The fourth-order valence-corrected chi connectivity index (χ4v) is 3.11. The standard InChI is InChI=1S/C16H18O5S/c1-19-13-7-6-11(14(20-2)15(13)21-3)12(16(17)18)9-10-5-4-8-22-10/h4-8,12H,9H2,1-3H3,(H,17,18). The molecule has 1 N–H and O–H groups in total. The molecule has 1 aromatic carbocycles. The highest BCUT2D eigenvalue weighted by atomic mass is 32.1. The molecule has 118 valence electrons. The minimum absolute atomic E-state index is 0.394. The Balaban J connectivity index is 2.49. The van der Waals surface area contributed by atoms with E-state index in [-0.39, 0.29) is 0 Å². The van der Waals surface area contributed by atoms with E-state index in [0.717, 1.165) is 4.88 Å². The topological polar surface area (TPSA) is 65.0 Å². The zero-order valence-corrected chi connectivity index (χ0v) is 13.5. The van der Waals surface area contributed by atoms with Crippen molar-refractivity contribution >= 4 is 17.3 Å². The Hall–Kier alpha value is -2.21. The first kappa shape index (κ1) is 16.2. The van der Waals surface area contributed by atoms with Gasteiger partial charge in [-0.1, -0.05) is 12.1 Å². The lowest BCUT2D eigenvalue weighted by Crippen LogP contribution is -2.15. The summed E-state index contributed by atoms with van der Waals surface area (Å²) in [5.41, 5.74) is 0.570. The molecule has 2 aromatic rings. The van der Waals surface area contributed by atoms with Gasteiger partial charge in [0.05, 0.1) is 27.2 Å². The van der Waals surface area contributed by atoms with Crippen LogP contribution in [0.5, 0.6) is 17.2 Å². The van der Waals surface area contributed by atoms with Crippen molar-refractivity contribution in [3.63, 3.8) is 0 Å². The third kappa shape index (κ3) is 3.17. The molecule has 6 heteroatoms. The highest BCUT2D eigenvalue weighted by Gasteiger charge is 2.27. The maximum absolute atomic E-state index is 11.7. The molecule has 5 nitrogen and oxygen atoms in total. The SMILES string of the molecule is COc1ccc(C(Cc2cccs2)C(=O)O)c(OC)c1OC. The number of carbonyl (C=O) groups is 1. The maximum Gasteiger partial charge on any atom is 0.311 e. The van der Waals surface area contributed by atoms with E-state index >= 15 is 0 Å². The largest absolute Gasteiger partial charge is 0.493 e. The minimum Gasteiger partial charge on any atom is -0.493 e. The molecule has 0 aliphatic heterocycles. The molecule has 0 bridgehead atoms. The molecule has 0 radical (unpaired) electrons. The molecule has 0 amide bonds. The smallest absolute Gasteiger partial charge is 0.311 e. The van der Waals surface area contributed by atoms with Crippen molar-refractivity contribution in [3.05, 3.63) is 40.1 Å². The van der Waals surface area contributed by atoms with E-state index in [2.05, 4.69) is 0 Å². The summed E-state index contributed by atoms with van der Waals surface area (Å²) in [7, 11) is 4.52. The predicted octanol–water partition coefficient (Wildman–Crippen LogP) is 3.18. The summed E-state index contributed by atoms with van der Waals surface area (Å²) in [6.07, 6.45) is 0.402. The van der Waals surface area contributed by atoms with Crippen LogP contribution < -0.4 is 14.2 Å².